The van der Waals surface area contributed by atoms with E-state index in [1.54, 1.807) is 0 Å². The van der Waals surface area contributed by atoms with Crippen molar-refractivity contribution in [1.82, 2.24) is 10.2 Å². The maximum atomic E-state index is 12.1. The van der Waals surface area contributed by atoms with Crippen LogP contribution in [-0.4, -0.2) is 22.1 Å². The summed E-state index contributed by atoms with van der Waals surface area (Å²) in [6.07, 6.45) is 2.61. The number of amides is 1. The molecule has 1 fully saturated rings. The predicted octanol–water partition coefficient (Wildman–Crippen LogP) is 0.226. The first-order valence-electron chi connectivity index (χ1n) is 5.65. The van der Waals surface area contributed by atoms with Crippen molar-refractivity contribution < 1.29 is 4.79 Å². The van der Waals surface area contributed by atoms with Gasteiger partial charge in [-0.05, 0) is 25.8 Å². The molecule has 0 aliphatic heterocycles. The van der Waals surface area contributed by atoms with Gasteiger partial charge in [-0.2, -0.15) is 5.10 Å². The molecule has 92 valence electrons. The van der Waals surface area contributed by atoms with Gasteiger partial charge in [-0.15, -0.1) is 0 Å². The molecule has 6 nitrogen and oxygen atoms in total. The lowest BCUT2D eigenvalue weighted by Gasteiger charge is -2.27. The third-order valence-electron chi connectivity index (χ3n) is 3.47. The molecule has 1 amide bonds. The molecular weight excluding hydrogens is 220 g/mol. The van der Waals surface area contributed by atoms with Crippen LogP contribution in [0.4, 0.5) is 5.82 Å². The number of carbonyl (C=O) groups is 1. The second-order valence-corrected chi connectivity index (χ2v) is 4.68. The van der Waals surface area contributed by atoms with Gasteiger partial charge in [0, 0.05) is 12.1 Å². The molecule has 1 aromatic rings. The lowest BCUT2D eigenvalue weighted by molar-refractivity contribution is -0.125. The van der Waals surface area contributed by atoms with Crippen molar-refractivity contribution in [3.63, 3.8) is 0 Å². The lowest BCUT2D eigenvalue weighted by Crippen LogP contribution is -2.44. The van der Waals surface area contributed by atoms with Gasteiger partial charge in [-0.25, -0.2) is 5.10 Å². The van der Waals surface area contributed by atoms with Crippen LogP contribution >= 0.6 is 0 Å². The average Bonchev–Trinajstić information content (AvgIpc) is 2.64. The van der Waals surface area contributed by atoms with Crippen LogP contribution in [-0.2, 0) is 4.79 Å². The molecule has 17 heavy (non-hydrogen) atoms. The number of H-pyrrole nitrogens is 1. The molecule has 1 aliphatic carbocycles. The van der Waals surface area contributed by atoms with E-state index in [9.17, 15) is 9.59 Å². The number of aromatic amines is 1. The third kappa shape index (κ3) is 2.21. The minimum atomic E-state index is -0.544. The van der Waals surface area contributed by atoms with Crippen LogP contribution in [0.5, 0.6) is 0 Å². The number of rotatable bonds is 2. The minimum absolute atomic E-state index is 0.120. The molecule has 4 N–H and O–H groups in total. The summed E-state index contributed by atoms with van der Waals surface area (Å²) in [5, 5.41) is 8.69. The molecule has 0 radical (unpaired) electrons. The number of carbonyl (C=O) groups excluding carboxylic acids is 1. The number of nitrogens with one attached hydrogen (secondary N) is 2. The smallest absolute Gasteiger partial charge is 0.264 e. The van der Waals surface area contributed by atoms with Crippen molar-refractivity contribution in [2.24, 2.45) is 11.1 Å². The van der Waals surface area contributed by atoms with Gasteiger partial charge in [-0.3, -0.25) is 9.59 Å². The van der Waals surface area contributed by atoms with Crippen molar-refractivity contribution in [2.75, 3.05) is 5.32 Å². The summed E-state index contributed by atoms with van der Waals surface area (Å²) in [5.74, 6) is 0.206. The normalized spacial score (nSPS) is 28.0. The summed E-state index contributed by atoms with van der Waals surface area (Å²) in [6, 6.07) is 2.67. The maximum absolute atomic E-state index is 12.1. The van der Waals surface area contributed by atoms with E-state index in [1.165, 1.54) is 12.1 Å². The van der Waals surface area contributed by atoms with Crippen LogP contribution in [0.3, 0.4) is 0 Å². The van der Waals surface area contributed by atoms with Crippen molar-refractivity contribution in [3.05, 3.63) is 22.5 Å². The Hall–Kier alpha value is -1.69. The molecule has 0 bridgehead atoms. The van der Waals surface area contributed by atoms with E-state index in [0.717, 1.165) is 19.3 Å². The third-order valence-corrected chi connectivity index (χ3v) is 3.47. The topological polar surface area (TPSA) is 101 Å². The monoisotopic (exact) mass is 236 g/mol. The molecule has 2 unspecified atom stereocenters. The molecule has 1 saturated carbocycles. The van der Waals surface area contributed by atoms with Gasteiger partial charge in [0.15, 0.2) is 5.82 Å². The number of hydrogen-bond donors (Lipinski definition) is 3. The summed E-state index contributed by atoms with van der Waals surface area (Å²) in [6.45, 7) is 1.87. The van der Waals surface area contributed by atoms with Crippen LogP contribution in [0.25, 0.3) is 0 Å². The van der Waals surface area contributed by atoms with E-state index >= 15 is 0 Å². The lowest BCUT2D eigenvalue weighted by atomic mass is 9.84. The van der Waals surface area contributed by atoms with E-state index in [4.69, 9.17) is 5.73 Å². The zero-order valence-corrected chi connectivity index (χ0v) is 9.69. The number of aromatic nitrogens is 2. The summed E-state index contributed by atoms with van der Waals surface area (Å²) >= 11 is 0. The Balaban J connectivity index is 2.11. The molecule has 0 spiro atoms. The highest BCUT2D eigenvalue weighted by atomic mass is 16.2. The quantitative estimate of drug-likeness (QED) is 0.684. The second kappa shape index (κ2) is 4.29. The van der Waals surface area contributed by atoms with E-state index in [0.29, 0.717) is 5.82 Å². The molecule has 0 aromatic carbocycles. The molecular formula is C11H16N4O2. The first kappa shape index (κ1) is 11.8. The van der Waals surface area contributed by atoms with Crippen LogP contribution < -0.4 is 16.6 Å². The fourth-order valence-corrected chi connectivity index (χ4v) is 2.15. The summed E-state index contributed by atoms with van der Waals surface area (Å²) in [5.41, 5.74) is 5.11. The fourth-order valence-electron chi connectivity index (χ4n) is 2.15. The molecule has 2 atom stereocenters. The molecule has 1 aromatic heterocycles. The predicted molar refractivity (Wildman–Crippen MR) is 63.4 cm³/mol. The first-order chi connectivity index (χ1) is 8.02. The highest BCUT2D eigenvalue weighted by molar-refractivity contribution is 5.95. The molecule has 2 rings (SSSR count). The molecule has 6 heteroatoms. The highest BCUT2D eigenvalue weighted by Crippen LogP contribution is 2.37. The molecule has 1 aliphatic rings. The van der Waals surface area contributed by atoms with Gasteiger partial charge >= 0.3 is 0 Å². The Morgan fingerprint density at radius 2 is 2.41 bits per heavy atom. The second-order valence-electron chi connectivity index (χ2n) is 4.68. The van der Waals surface area contributed by atoms with Crippen molar-refractivity contribution in [3.8, 4) is 0 Å². The SMILES string of the molecule is CC1(C(=O)Nc2ccc(=O)[nH]n2)CCCC1N. The number of hydrogen-bond acceptors (Lipinski definition) is 4. The zero-order valence-electron chi connectivity index (χ0n) is 9.69. The molecule has 0 saturated heterocycles. The van der Waals surface area contributed by atoms with Gasteiger partial charge in [-0.1, -0.05) is 6.42 Å². The van der Waals surface area contributed by atoms with Gasteiger partial charge in [0.2, 0.25) is 5.91 Å². The van der Waals surface area contributed by atoms with Gasteiger partial charge in [0.25, 0.3) is 5.56 Å². The van der Waals surface area contributed by atoms with Gasteiger partial charge in [0.05, 0.1) is 5.41 Å². The Kier molecular flexibility index (Phi) is 2.97. The minimum Gasteiger partial charge on any atom is -0.327 e. The van der Waals surface area contributed by atoms with Crippen molar-refractivity contribution >= 4 is 11.7 Å². The van der Waals surface area contributed by atoms with Gasteiger partial charge in [0.1, 0.15) is 0 Å². The Morgan fingerprint density at radius 3 is 2.94 bits per heavy atom. The van der Waals surface area contributed by atoms with E-state index in [1.807, 2.05) is 6.92 Å². The standard InChI is InChI=1S/C11H16N4O2/c1-11(6-2-3-7(11)12)10(17)13-8-4-5-9(16)15-14-8/h4-5,7H,2-3,6,12H2,1H3,(H,15,16)(H,13,14,17). The number of nitrogens with zero attached hydrogens (tertiary/aromatic N) is 1. The maximum Gasteiger partial charge on any atom is 0.264 e. The average molecular weight is 236 g/mol. The van der Waals surface area contributed by atoms with Crippen LogP contribution in [0.15, 0.2) is 16.9 Å². The number of anilines is 1. The summed E-state index contributed by atoms with van der Waals surface area (Å²) in [4.78, 5) is 22.9. The van der Waals surface area contributed by atoms with E-state index in [-0.39, 0.29) is 17.5 Å². The largest absolute Gasteiger partial charge is 0.327 e. The van der Waals surface area contributed by atoms with Crippen LogP contribution in [0, 0.1) is 5.41 Å². The summed E-state index contributed by atoms with van der Waals surface area (Å²) in [7, 11) is 0. The van der Waals surface area contributed by atoms with Gasteiger partial charge < -0.3 is 11.1 Å². The van der Waals surface area contributed by atoms with Crippen LogP contribution in [0.1, 0.15) is 26.2 Å². The Morgan fingerprint density at radius 1 is 1.65 bits per heavy atom. The number of nitrogens with two attached hydrogens (primary N) is 1. The first-order valence-corrected chi connectivity index (χ1v) is 5.65. The van der Waals surface area contributed by atoms with Crippen molar-refractivity contribution in [1.29, 1.82) is 0 Å². The Labute approximate surface area is 98.6 Å². The highest BCUT2D eigenvalue weighted by Gasteiger charge is 2.43. The van der Waals surface area contributed by atoms with E-state index in [2.05, 4.69) is 15.5 Å². The van der Waals surface area contributed by atoms with Crippen LogP contribution in [0.2, 0.25) is 0 Å². The van der Waals surface area contributed by atoms with E-state index < -0.39 is 5.41 Å². The summed E-state index contributed by atoms with van der Waals surface area (Å²) < 4.78 is 0. The fraction of sp³-hybridized carbons (Fsp3) is 0.545. The molecule has 1 heterocycles. The zero-order chi connectivity index (χ0) is 12.5. The Bertz CT molecular complexity index is 464. The van der Waals surface area contributed by atoms with Crippen molar-refractivity contribution in [2.45, 2.75) is 32.2 Å².